The van der Waals surface area contributed by atoms with E-state index in [2.05, 4.69) is 5.10 Å². The van der Waals surface area contributed by atoms with Crippen molar-refractivity contribution < 1.29 is 4.79 Å². The summed E-state index contributed by atoms with van der Waals surface area (Å²) in [5, 5.41) is 4.07. The third-order valence-corrected chi connectivity index (χ3v) is 2.79. The van der Waals surface area contributed by atoms with Gasteiger partial charge in [-0.05, 0) is 18.9 Å². The second-order valence-electron chi connectivity index (χ2n) is 4.15. The summed E-state index contributed by atoms with van der Waals surface area (Å²) in [5.74, 6) is 0.0506. The molecule has 2 N–H and O–H groups in total. The van der Waals surface area contributed by atoms with Crippen LogP contribution in [-0.2, 0) is 11.3 Å². The lowest BCUT2D eigenvalue weighted by molar-refractivity contribution is -0.132. The van der Waals surface area contributed by atoms with Crippen LogP contribution in [0.4, 0.5) is 0 Å². The standard InChI is InChI=1S/C10H16N4O.2ClH/c1-13(9(15)10(11)3-4-10)7-8-14-6-2-5-12-14;;/h2,5-6H,3-4,7-8,11H2,1H3;2*1H. The summed E-state index contributed by atoms with van der Waals surface area (Å²) in [6.07, 6.45) is 5.25. The number of aromatic nitrogens is 2. The summed E-state index contributed by atoms with van der Waals surface area (Å²) in [7, 11) is 1.79. The third kappa shape index (κ3) is 3.87. The maximum absolute atomic E-state index is 11.8. The average molecular weight is 281 g/mol. The lowest BCUT2D eigenvalue weighted by Gasteiger charge is -2.20. The second kappa shape index (κ2) is 6.23. The molecule has 1 aromatic rings. The van der Waals surface area contributed by atoms with Crippen LogP contribution in [0.1, 0.15) is 12.8 Å². The molecule has 1 amide bonds. The first-order valence-corrected chi connectivity index (χ1v) is 5.14. The van der Waals surface area contributed by atoms with Gasteiger partial charge >= 0.3 is 0 Å². The van der Waals surface area contributed by atoms with Crippen molar-refractivity contribution in [1.29, 1.82) is 0 Å². The van der Waals surface area contributed by atoms with Gasteiger partial charge in [0, 0.05) is 26.0 Å². The Balaban J connectivity index is 0.00000128. The summed E-state index contributed by atoms with van der Waals surface area (Å²) in [4.78, 5) is 13.4. The molecule has 1 aromatic heterocycles. The molecule has 0 aromatic carbocycles. The molecule has 0 atom stereocenters. The minimum Gasteiger partial charge on any atom is -0.342 e. The Morgan fingerprint density at radius 1 is 1.53 bits per heavy atom. The summed E-state index contributed by atoms with van der Waals surface area (Å²) < 4.78 is 1.81. The van der Waals surface area contributed by atoms with Gasteiger partial charge in [0.15, 0.2) is 0 Å². The largest absolute Gasteiger partial charge is 0.342 e. The van der Waals surface area contributed by atoms with E-state index in [4.69, 9.17) is 5.73 Å². The van der Waals surface area contributed by atoms with E-state index in [1.807, 2.05) is 12.3 Å². The van der Waals surface area contributed by atoms with Crippen LogP contribution in [-0.4, -0.2) is 39.7 Å². The van der Waals surface area contributed by atoms with E-state index in [0.29, 0.717) is 13.1 Å². The maximum Gasteiger partial charge on any atom is 0.242 e. The zero-order valence-electron chi connectivity index (χ0n) is 9.70. The van der Waals surface area contributed by atoms with Crippen LogP contribution in [0.15, 0.2) is 18.5 Å². The van der Waals surface area contributed by atoms with Crippen molar-refractivity contribution in [3.63, 3.8) is 0 Å². The molecule has 2 rings (SSSR count). The Labute approximate surface area is 113 Å². The Bertz CT molecular complexity index is 351. The lowest BCUT2D eigenvalue weighted by Crippen LogP contribution is -2.44. The van der Waals surface area contributed by atoms with Crippen molar-refractivity contribution in [2.24, 2.45) is 5.73 Å². The van der Waals surface area contributed by atoms with Gasteiger partial charge in [0.25, 0.3) is 0 Å². The molecule has 17 heavy (non-hydrogen) atoms. The van der Waals surface area contributed by atoms with Gasteiger partial charge in [0.2, 0.25) is 5.91 Å². The Hall–Kier alpha value is -0.780. The minimum atomic E-state index is -0.557. The van der Waals surface area contributed by atoms with Crippen LogP contribution < -0.4 is 5.73 Å². The Morgan fingerprint density at radius 3 is 2.65 bits per heavy atom. The van der Waals surface area contributed by atoms with E-state index in [9.17, 15) is 4.79 Å². The predicted octanol–water partition coefficient (Wildman–Crippen LogP) is 0.676. The molecule has 1 aliphatic carbocycles. The number of carbonyl (C=O) groups is 1. The molecule has 0 unspecified atom stereocenters. The number of amides is 1. The highest BCUT2D eigenvalue weighted by molar-refractivity contribution is 5.88. The Morgan fingerprint density at radius 2 is 2.18 bits per heavy atom. The van der Waals surface area contributed by atoms with Gasteiger partial charge in [-0.3, -0.25) is 9.48 Å². The van der Waals surface area contributed by atoms with Crippen molar-refractivity contribution >= 4 is 30.7 Å². The number of hydrogen-bond acceptors (Lipinski definition) is 3. The second-order valence-corrected chi connectivity index (χ2v) is 4.15. The first-order chi connectivity index (χ1) is 7.12. The molecular weight excluding hydrogens is 263 g/mol. The molecule has 5 nitrogen and oxygen atoms in total. The molecule has 1 aliphatic rings. The highest BCUT2D eigenvalue weighted by Gasteiger charge is 2.47. The fourth-order valence-corrected chi connectivity index (χ4v) is 1.52. The fraction of sp³-hybridized carbons (Fsp3) is 0.600. The van der Waals surface area contributed by atoms with Gasteiger partial charge < -0.3 is 10.6 Å². The van der Waals surface area contributed by atoms with E-state index in [1.165, 1.54) is 0 Å². The van der Waals surface area contributed by atoms with Crippen molar-refractivity contribution in [3.05, 3.63) is 18.5 Å². The smallest absolute Gasteiger partial charge is 0.242 e. The number of rotatable bonds is 4. The van der Waals surface area contributed by atoms with Gasteiger partial charge in [-0.1, -0.05) is 0 Å². The number of nitrogens with two attached hydrogens (primary N) is 1. The molecule has 1 fully saturated rings. The van der Waals surface area contributed by atoms with Crippen LogP contribution >= 0.6 is 24.8 Å². The minimum absolute atomic E-state index is 0. The highest BCUT2D eigenvalue weighted by atomic mass is 35.5. The molecule has 0 aliphatic heterocycles. The monoisotopic (exact) mass is 280 g/mol. The van der Waals surface area contributed by atoms with E-state index in [0.717, 1.165) is 12.8 Å². The highest BCUT2D eigenvalue weighted by Crippen LogP contribution is 2.33. The van der Waals surface area contributed by atoms with Crippen molar-refractivity contribution in [3.8, 4) is 0 Å². The van der Waals surface area contributed by atoms with Crippen molar-refractivity contribution in [1.82, 2.24) is 14.7 Å². The van der Waals surface area contributed by atoms with E-state index < -0.39 is 5.54 Å². The number of likely N-dealkylation sites (N-methyl/N-ethyl adjacent to an activating group) is 1. The number of hydrogen-bond donors (Lipinski definition) is 1. The number of carbonyl (C=O) groups excluding carboxylic acids is 1. The van der Waals surface area contributed by atoms with Gasteiger partial charge in [0.1, 0.15) is 0 Å². The summed E-state index contributed by atoms with van der Waals surface area (Å²) in [5.41, 5.74) is 5.27. The molecule has 98 valence electrons. The molecule has 0 radical (unpaired) electrons. The summed E-state index contributed by atoms with van der Waals surface area (Å²) in [6, 6.07) is 1.87. The number of halogens is 2. The first-order valence-electron chi connectivity index (χ1n) is 5.14. The van der Waals surface area contributed by atoms with Gasteiger partial charge in [0.05, 0.1) is 12.1 Å². The molecule has 1 heterocycles. The maximum atomic E-state index is 11.8. The summed E-state index contributed by atoms with van der Waals surface area (Å²) in [6.45, 7) is 1.37. The zero-order valence-corrected chi connectivity index (χ0v) is 11.3. The van der Waals surface area contributed by atoms with E-state index in [1.54, 1.807) is 22.8 Å². The predicted molar refractivity (Wildman–Crippen MR) is 70.5 cm³/mol. The average Bonchev–Trinajstić information content (AvgIpc) is 2.80. The zero-order chi connectivity index (χ0) is 10.9. The molecule has 7 heteroatoms. The van der Waals surface area contributed by atoms with Gasteiger partial charge in [-0.25, -0.2) is 0 Å². The SMILES string of the molecule is CN(CCn1cccn1)C(=O)C1(N)CC1.Cl.Cl. The Kier molecular flexibility index (Phi) is 5.95. The third-order valence-electron chi connectivity index (χ3n) is 2.79. The fourth-order valence-electron chi connectivity index (χ4n) is 1.52. The van der Waals surface area contributed by atoms with Crippen LogP contribution in [0, 0.1) is 0 Å². The molecule has 0 saturated heterocycles. The molecular formula is C10H18Cl2N4O. The quantitative estimate of drug-likeness (QED) is 0.882. The van der Waals surface area contributed by atoms with Crippen molar-refractivity contribution in [2.45, 2.75) is 24.9 Å². The normalized spacial score (nSPS) is 15.4. The molecule has 0 bridgehead atoms. The van der Waals surface area contributed by atoms with E-state index >= 15 is 0 Å². The van der Waals surface area contributed by atoms with Crippen molar-refractivity contribution in [2.75, 3.05) is 13.6 Å². The van der Waals surface area contributed by atoms with Crippen LogP contribution in [0.2, 0.25) is 0 Å². The molecule has 1 saturated carbocycles. The van der Waals surface area contributed by atoms with Crippen LogP contribution in [0.3, 0.4) is 0 Å². The van der Waals surface area contributed by atoms with Crippen LogP contribution in [0.25, 0.3) is 0 Å². The van der Waals surface area contributed by atoms with E-state index in [-0.39, 0.29) is 30.7 Å². The lowest BCUT2D eigenvalue weighted by atomic mass is 10.2. The van der Waals surface area contributed by atoms with Crippen LogP contribution in [0.5, 0.6) is 0 Å². The van der Waals surface area contributed by atoms with Gasteiger partial charge in [-0.15, -0.1) is 24.8 Å². The molecule has 0 spiro atoms. The first kappa shape index (κ1) is 16.2. The topological polar surface area (TPSA) is 64.2 Å². The van der Waals surface area contributed by atoms with Gasteiger partial charge in [-0.2, -0.15) is 5.10 Å². The summed E-state index contributed by atoms with van der Waals surface area (Å²) >= 11 is 0. The number of nitrogens with zero attached hydrogens (tertiary/aromatic N) is 3.